The molecular formula is C13H20N4O. The van der Waals surface area contributed by atoms with Gasteiger partial charge in [-0.3, -0.25) is 0 Å². The van der Waals surface area contributed by atoms with Crippen molar-refractivity contribution in [1.29, 1.82) is 0 Å². The molecule has 0 aromatic carbocycles. The molecule has 1 heterocycles. The number of aryl methyl sites for hydroxylation is 2. The second-order valence-electron chi connectivity index (χ2n) is 4.73. The van der Waals surface area contributed by atoms with E-state index in [0.717, 1.165) is 49.3 Å². The Bertz CT molecular complexity index is 470. The van der Waals surface area contributed by atoms with Crippen molar-refractivity contribution in [1.82, 2.24) is 4.98 Å². The zero-order valence-corrected chi connectivity index (χ0v) is 11.0. The summed E-state index contributed by atoms with van der Waals surface area (Å²) in [5.41, 5.74) is 8.87. The molecule has 0 saturated heterocycles. The third-order valence-electron chi connectivity index (χ3n) is 3.33. The van der Waals surface area contributed by atoms with Crippen molar-refractivity contribution in [3.05, 3.63) is 22.9 Å². The van der Waals surface area contributed by atoms with Gasteiger partial charge in [0.2, 0.25) is 0 Å². The number of rotatable bonds is 4. The minimum Gasteiger partial charge on any atom is -0.409 e. The lowest BCUT2D eigenvalue weighted by molar-refractivity contribution is 0.318. The van der Waals surface area contributed by atoms with Crippen molar-refractivity contribution in [2.24, 2.45) is 10.9 Å². The van der Waals surface area contributed by atoms with Gasteiger partial charge in [0, 0.05) is 19.3 Å². The summed E-state index contributed by atoms with van der Waals surface area (Å²) in [6.45, 7) is 3.02. The van der Waals surface area contributed by atoms with E-state index in [1.54, 1.807) is 0 Å². The van der Waals surface area contributed by atoms with Gasteiger partial charge in [-0.05, 0) is 37.3 Å². The van der Waals surface area contributed by atoms with Gasteiger partial charge in [-0.25, -0.2) is 4.98 Å². The van der Waals surface area contributed by atoms with Crippen LogP contribution in [0.5, 0.6) is 0 Å². The van der Waals surface area contributed by atoms with Crippen molar-refractivity contribution < 1.29 is 5.21 Å². The normalized spacial score (nSPS) is 14.7. The van der Waals surface area contributed by atoms with E-state index in [9.17, 15) is 0 Å². The number of aromatic nitrogens is 1. The van der Waals surface area contributed by atoms with E-state index in [-0.39, 0.29) is 5.84 Å². The highest BCUT2D eigenvalue weighted by Gasteiger charge is 2.20. The summed E-state index contributed by atoms with van der Waals surface area (Å²) in [4.78, 5) is 6.76. The number of amidine groups is 1. The lowest BCUT2D eigenvalue weighted by Gasteiger charge is -2.21. The maximum atomic E-state index is 8.89. The van der Waals surface area contributed by atoms with Crippen LogP contribution in [-0.4, -0.2) is 29.6 Å². The smallest absolute Gasteiger partial charge is 0.173 e. The molecule has 5 nitrogen and oxygen atoms in total. The molecule has 0 atom stereocenters. The van der Waals surface area contributed by atoms with Crippen LogP contribution in [0, 0.1) is 0 Å². The van der Waals surface area contributed by atoms with Crippen molar-refractivity contribution in [3.8, 4) is 0 Å². The molecule has 0 saturated carbocycles. The van der Waals surface area contributed by atoms with Gasteiger partial charge in [0.15, 0.2) is 5.84 Å². The molecule has 0 fully saturated rings. The van der Waals surface area contributed by atoms with Gasteiger partial charge < -0.3 is 15.8 Å². The first-order chi connectivity index (χ1) is 8.67. The number of nitrogens with zero attached hydrogens (tertiary/aromatic N) is 3. The van der Waals surface area contributed by atoms with Gasteiger partial charge in [-0.2, -0.15) is 0 Å². The Morgan fingerprint density at radius 1 is 1.56 bits per heavy atom. The van der Waals surface area contributed by atoms with E-state index in [0.29, 0.717) is 0 Å². The van der Waals surface area contributed by atoms with Gasteiger partial charge >= 0.3 is 0 Å². The van der Waals surface area contributed by atoms with Crippen LogP contribution in [0.3, 0.4) is 0 Å². The molecule has 1 aliphatic carbocycles. The number of oxime groups is 1. The van der Waals surface area contributed by atoms with Crippen molar-refractivity contribution in [2.75, 3.05) is 18.5 Å². The van der Waals surface area contributed by atoms with Gasteiger partial charge in [-0.1, -0.05) is 12.1 Å². The van der Waals surface area contributed by atoms with E-state index >= 15 is 0 Å². The van der Waals surface area contributed by atoms with Gasteiger partial charge in [-0.15, -0.1) is 0 Å². The summed E-state index contributed by atoms with van der Waals surface area (Å²) in [6.07, 6.45) is 4.23. The Morgan fingerprint density at radius 2 is 2.33 bits per heavy atom. The summed E-state index contributed by atoms with van der Waals surface area (Å²) < 4.78 is 0. The summed E-state index contributed by atoms with van der Waals surface area (Å²) in [5, 5.41) is 12.0. The van der Waals surface area contributed by atoms with Crippen LogP contribution in [0.1, 0.15) is 36.6 Å². The first-order valence-corrected chi connectivity index (χ1v) is 6.39. The lowest BCUT2D eigenvalue weighted by Crippen LogP contribution is -2.25. The molecule has 0 amide bonds. The number of anilines is 1. The summed E-state index contributed by atoms with van der Waals surface area (Å²) in [7, 11) is 1.99. The number of hydrogen-bond acceptors (Lipinski definition) is 4. The molecule has 5 heteroatoms. The van der Waals surface area contributed by atoms with Crippen molar-refractivity contribution in [3.63, 3.8) is 0 Å². The molecule has 2 rings (SSSR count). The fourth-order valence-electron chi connectivity index (χ4n) is 2.44. The predicted molar refractivity (Wildman–Crippen MR) is 72.3 cm³/mol. The standard InChI is InChI=1S/C13H20N4O/c1-3-7-17(2)13-10(12(14)16-18)8-9-5-4-6-11(9)15-13/h8,18H,3-7H2,1-2H3,(H2,14,16). The van der Waals surface area contributed by atoms with E-state index in [4.69, 9.17) is 15.9 Å². The average Bonchev–Trinajstić information content (AvgIpc) is 2.83. The second kappa shape index (κ2) is 5.25. The van der Waals surface area contributed by atoms with E-state index < -0.39 is 0 Å². The van der Waals surface area contributed by atoms with Gasteiger partial charge in [0.05, 0.1) is 5.56 Å². The summed E-state index contributed by atoms with van der Waals surface area (Å²) in [6, 6.07) is 2.02. The maximum Gasteiger partial charge on any atom is 0.173 e. The predicted octanol–water partition coefficient (Wildman–Crippen LogP) is 1.51. The third-order valence-corrected chi connectivity index (χ3v) is 3.33. The molecule has 0 spiro atoms. The Morgan fingerprint density at radius 3 is 3.00 bits per heavy atom. The minimum absolute atomic E-state index is 0.134. The number of fused-ring (bicyclic) bond motifs is 1. The SMILES string of the molecule is CCCN(C)c1nc2c(cc1C(N)=NO)CCC2. The van der Waals surface area contributed by atoms with Crippen LogP contribution in [0.25, 0.3) is 0 Å². The van der Waals surface area contributed by atoms with Crippen molar-refractivity contribution >= 4 is 11.7 Å². The Balaban J connectivity index is 2.48. The maximum absolute atomic E-state index is 8.89. The second-order valence-corrected chi connectivity index (χ2v) is 4.73. The topological polar surface area (TPSA) is 74.7 Å². The fraction of sp³-hybridized carbons (Fsp3) is 0.538. The zero-order valence-electron chi connectivity index (χ0n) is 11.0. The molecule has 0 radical (unpaired) electrons. The van der Waals surface area contributed by atoms with Gasteiger partial charge in [0.25, 0.3) is 0 Å². The average molecular weight is 248 g/mol. The number of pyridine rings is 1. The van der Waals surface area contributed by atoms with Gasteiger partial charge in [0.1, 0.15) is 5.82 Å². The summed E-state index contributed by atoms with van der Waals surface area (Å²) in [5.74, 6) is 0.947. The molecule has 1 aromatic rings. The lowest BCUT2D eigenvalue weighted by atomic mass is 10.1. The Labute approximate surface area is 107 Å². The molecule has 18 heavy (non-hydrogen) atoms. The van der Waals surface area contributed by atoms with E-state index in [1.165, 1.54) is 5.56 Å². The van der Waals surface area contributed by atoms with Crippen LogP contribution in [-0.2, 0) is 12.8 Å². The quantitative estimate of drug-likeness (QED) is 0.366. The molecule has 3 N–H and O–H groups in total. The van der Waals surface area contributed by atoms with Crippen LogP contribution < -0.4 is 10.6 Å². The van der Waals surface area contributed by atoms with Crippen LogP contribution in [0.2, 0.25) is 0 Å². The molecule has 98 valence electrons. The summed E-state index contributed by atoms with van der Waals surface area (Å²) >= 11 is 0. The Hall–Kier alpha value is -1.78. The van der Waals surface area contributed by atoms with E-state index in [1.807, 2.05) is 13.1 Å². The highest BCUT2D eigenvalue weighted by Crippen LogP contribution is 2.27. The monoisotopic (exact) mass is 248 g/mol. The Kier molecular flexibility index (Phi) is 3.69. The highest BCUT2D eigenvalue weighted by atomic mass is 16.4. The van der Waals surface area contributed by atoms with Crippen LogP contribution in [0.4, 0.5) is 5.82 Å². The van der Waals surface area contributed by atoms with Crippen LogP contribution >= 0.6 is 0 Å². The third kappa shape index (κ3) is 2.25. The number of nitrogens with two attached hydrogens (primary N) is 1. The molecular weight excluding hydrogens is 228 g/mol. The first-order valence-electron chi connectivity index (χ1n) is 6.39. The molecule has 0 unspecified atom stereocenters. The zero-order chi connectivity index (χ0) is 13.1. The molecule has 0 aliphatic heterocycles. The molecule has 1 aromatic heterocycles. The fourth-order valence-corrected chi connectivity index (χ4v) is 2.44. The molecule has 0 bridgehead atoms. The number of hydrogen-bond donors (Lipinski definition) is 2. The first kappa shape index (κ1) is 12.7. The van der Waals surface area contributed by atoms with Crippen LogP contribution in [0.15, 0.2) is 11.2 Å². The van der Waals surface area contributed by atoms with E-state index in [2.05, 4.69) is 17.0 Å². The minimum atomic E-state index is 0.134. The van der Waals surface area contributed by atoms with Crippen molar-refractivity contribution in [2.45, 2.75) is 32.6 Å². The highest BCUT2D eigenvalue weighted by molar-refractivity contribution is 6.01. The largest absolute Gasteiger partial charge is 0.409 e. The molecule has 1 aliphatic rings.